The Labute approximate surface area is 105 Å². The molecule has 1 aromatic rings. The van der Waals surface area contributed by atoms with Crippen molar-refractivity contribution in [2.45, 2.75) is 25.3 Å². The highest BCUT2D eigenvalue weighted by Gasteiger charge is 2.33. The van der Waals surface area contributed by atoms with Crippen molar-refractivity contribution in [1.29, 1.82) is 0 Å². The molecule has 1 aromatic heterocycles. The van der Waals surface area contributed by atoms with E-state index in [1.54, 1.807) is 12.3 Å². The summed E-state index contributed by atoms with van der Waals surface area (Å²) in [5, 5.41) is 11.7. The number of hydrogen-bond donors (Lipinski definition) is 2. The number of likely N-dealkylation sites (tertiary alicyclic amines) is 1. The number of urea groups is 1. The van der Waals surface area contributed by atoms with Crippen molar-refractivity contribution in [2.24, 2.45) is 0 Å². The van der Waals surface area contributed by atoms with Gasteiger partial charge in [0.15, 0.2) is 0 Å². The van der Waals surface area contributed by atoms with Crippen molar-refractivity contribution in [2.75, 3.05) is 13.1 Å². The third-order valence-corrected chi connectivity index (χ3v) is 3.03. The average molecular weight is 252 g/mol. The van der Waals surface area contributed by atoms with Gasteiger partial charge in [0.05, 0.1) is 6.26 Å². The number of carboxylic acid groups (broad SMARTS) is 1. The fourth-order valence-electron chi connectivity index (χ4n) is 2.12. The largest absolute Gasteiger partial charge is 0.480 e. The molecule has 6 nitrogen and oxygen atoms in total. The Bertz CT molecular complexity index is 416. The second kappa shape index (κ2) is 5.57. The number of carbonyl (C=O) groups excluding carboxylic acids is 1. The molecule has 1 aliphatic rings. The van der Waals surface area contributed by atoms with Crippen LogP contribution >= 0.6 is 0 Å². The van der Waals surface area contributed by atoms with E-state index in [2.05, 4.69) is 5.32 Å². The van der Waals surface area contributed by atoms with Crippen LogP contribution in [0.4, 0.5) is 4.79 Å². The molecule has 1 atom stereocenters. The fourth-order valence-corrected chi connectivity index (χ4v) is 2.12. The van der Waals surface area contributed by atoms with Crippen LogP contribution in [0, 0.1) is 0 Å². The van der Waals surface area contributed by atoms with Crippen molar-refractivity contribution in [1.82, 2.24) is 10.2 Å². The van der Waals surface area contributed by atoms with Gasteiger partial charge in [-0.05, 0) is 25.0 Å². The summed E-state index contributed by atoms with van der Waals surface area (Å²) >= 11 is 0. The van der Waals surface area contributed by atoms with Gasteiger partial charge in [-0.3, -0.25) is 0 Å². The summed E-state index contributed by atoms with van der Waals surface area (Å²) in [6.07, 6.45) is 3.45. The third kappa shape index (κ3) is 2.82. The SMILES string of the molecule is O=C(O)[C@H]1CCCN1C(=O)NCCc1ccco1. The summed E-state index contributed by atoms with van der Waals surface area (Å²) in [5.74, 6) is -0.139. The van der Waals surface area contributed by atoms with Crippen LogP contribution in [0.3, 0.4) is 0 Å². The number of carbonyl (C=O) groups is 2. The maximum Gasteiger partial charge on any atom is 0.326 e. The lowest BCUT2D eigenvalue weighted by Gasteiger charge is -2.21. The van der Waals surface area contributed by atoms with Crippen LogP contribution in [-0.2, 0) is 11.2 Å². The van der Waals surface area contributed by atoms with Gasteiger partial charge >= 0.3 is 12.0 Å². The third-order valence-electron chi connectivity index (χ3n) is 3.03. The van der Waals surface area contributed by atoms with Crippen molar-refractivity contribution in [3.8, 4) is 0 Å². The Morgan fingerprint density at radius 2 is 2.39 bits per heavy atom. The summed E-state index contributed by atoms with van der Waals surface area (Å²) in [7, 11) is 0. The second-order valence-electron chi connectivity index (χ2n) is 4.25. The van der Waals surface area contributed by atoms with Crippen molar-refractivity contribution in [3.05, 3.63) is 24.2 Å². The molecule has 0 spiro atoms. The Morgan fingerprint density at radius 1 is 1.56 bits per heavy atom. The van der Waals surface area contributed by atoms with E-state index in [4.69, 9.17) is 9.52 Å². The lowest BCUT2D eigenvalue weighted by Crippen LogP contribution is -2.46. The van der Waals surface area contributed by atoms with E-state index < -0.39 is 12.0 Å². The standard InChI is InChI=1S/C12H16N2O4/c15-11(16)10-4-1-7-14(10)12(17)13-6-5-9-3-2-8-18-9/h2-3,8,10H,1,4-7H2,(H,13,17)(H,15,16)/t10-/m1/s1. The zero-order valence-corrected chi connectivity index (χ0v) is 9.96. The number of aliphatic carboxylic acids is 1. The highest BCUT2D eigenvalue weighted by Crippen LogP contribution is 2.17. The zero-order valence-electron chi connectivity index (χ0n) is 9.96. The molecule has 1 fully saturated rings. The molecule has 2 N–H and O–H groups in total. The smallest absolute Gasteiger partial charge is 0.326 e. The summed E-state index contributed by atoms with van der Waals surface area (Å²) in [5.41, 5.74) is 0. The van der Waals surface area contributed by atoms with Crippen LogP contribution in [0.1, 0.15) is 18.6 Å². The normalized spacial score (nSPS) is 18.9. The van der Waals surface area contributed by atoms with Gasteiger partial charge in [-0.1, -0.05) is 0 Å². The molecule has 0 saturated carbocycles. The Morgan fingerprint density at radius 3 is 3.06 bits per heavy atom. The monoisotopic (exact) mass is 252 g/mol. The first-order valence-electron chi connectivity index (χ1n) is 5.98. The van der Waals surface area contributed by atoms with Gasteiger partial charge in [-0.2, -0.15) is 0 Å². The van der Waals surface area contributed by atoms with E-state index in [9.17, 15) is 9.59 Å². The molecule has 1 aliphatic heterocycles. The first kappa shape index (κ1) is 12.5. The minimum atomic E-state index is -0.936. The molecule has 2 rings (SSSR count). The first-order valence-corrected chi connectivity index (χ1v) is 5.98. The van der Waals surface area contributed by atoms with Gasteiger partial charge in [0.25, 0.3) is 0 Å². The predicted molar refractivity (Wildman–Crippen MR) is 63.2 cm³/mol. The molecule has 0 aliphatic carbocycles. The van der Waals surface area contributed by atoms with Gasteiger partial charge in [-0.25, -0.2) is 9.59 Å². The van der Waals surface area contributed by atoms with Crippen LogP contribution in [-0.4, -0.2) is 41.1 Å². The minimum Gasteiger partial charge on any atom is -0.480 e. The molecule has 0 radical (unpaired) electrons. The summed E-state index contributed by atoms with van der Waals surface area (Å²) in [6, 6.07) is 2.63. The number of furan rings is 1. The van der Waals surface area contributed by atoms with Crippen molar-refractivity contribution in [3.63, 3.8) is 0 Å². The zero-order chi connectivity index (χ0) is 13.0. The van der Waals surface area contributed by atoms with Crippen LogP contribution in [0.15, 0.2) is 22.8 Å². The van der Waals surface area contributed by atoms with Gasteiger partial charge in [0.1, 0.15) is 11.8 Å². The van der Waals surface area contributed by atoms with E-state index in [0.717, 1.165) is 12.2 Å². The Balaban J connectivity index is 1.79. The first-order chi connectivity index (χ1) is 8.68. The molecule has 0 bridgehead atoms. The van der Waals surface area contributed by atoms with Crippen LogP contribution in [0.5, 0.6) is 0 Å². The van der Waals surface area contributed by atoms with E-state index >= 15 is 0 Å². The highest BCUT2D eigenvalue weighted by molar-refractivity contribution is 5.83. The number of carboxylic acids is 1. The van der Waals surface area contributed by atoms with Gasteiger partial charge in [0, 0.05) is 19.5 Å². The number of rotatable bonds is 4. The predicted octanol–water partition coefficient (Wildman–Crippen LogP) is 1.08. The molecule has 98 valence electrons. The van der Waals surface area contributed by atoms with Gasteiger partial charge in [0.2, 0.25) is 0 Å². The topological polar surface area (TPSA) is 82.8 Å². The van der Waals surface area contributed by atoms with E-state index in [1.807, 2.05) is 6.07 Å². The lowest BCUT2D eigenvalue weighted by atomic mass is 10.2. The number of amides is 2. The molecule has 18 heavy (non-hydrogen) atoms. The van der Waals surface area contributed by atoms with E-state index in [1.165, 1.54) is 4.90 Å². The highest BCUT2D eigenvalue weighted by atomic mass is 16.4. The molecular formula is C12H16N2O4. The van der Waals surface area contributed by atoms with E-state index in [0.29, 0.717) is 25.9 Å². The molecule has 0 unspecified atom stereocenters. The van der Waals surface area contributed by atoms with E-state index in [-0.39, 0.29) is 6.03 Å². The molecule has 1 saturated heterocycles. The second-order valence-corrected chi connectivity index (χ2v) is 4.25. The quantitative estimate of drug-likeness (QED) is 0.840. The van der Waals surface area contributed by atoms with Crippen LogP contribution < -0.4 is 5.32 Å². The van der Waals surface area contributed by atoms with Gasteiger partial charge < -0.3 is 19.7 Å². The Hall–Kier alpha value is -1.98. The van der Waals surface area contributed by atoms with Crippen molar-refractivity contribution < 1.29 is 19.1 Å². The lowest BCUT2D eigenvalue weighted by molar-refractivity contribution is -0.141. The number of nitrogens with zero attached hydrogens (tertiary/aromatic N) is 1. The van der Waals surface area contributed by atoms with Crippen molar-refractivity contribution >= 4 is 12.0 Å². The number of hydrogen-bond acceptors (Lipinski definition) is 3. The maximum absolute atomic E-state index is 11.8. The van der Waals surface area contributed by atoms with Gasteiger partial charge in [-0.15, -0.1) is 0 Å². The fraction of sp³-hybridized carbons (Fsp3) is 0.500. The Kier molecular flexibility index (Phi) is 3.86. The van der Waals surface area contributed by atoms with Crippen LogP contribution in [0.25, 0.3) is 0 Å². The molecule has 2 heterocycles. The molecule has 0 aromatic carbocycles. The molecular weight excluding hydrogens is 236 g/mol. The summed E-state index contributed by atoms with van der Waals surface area (Å²) < 4.78 is 5.14. The number of nitrogens with one attached hydrogen (secondary N) is 1. The minimum absolute atomic E-state index is 0.313. The molecule has 2 amide bonds. The maximum atomic E-state index is 11.8. The summed E-state index contributed by atoms with van der Waals surface area (Å²) in [6.45, 7) is 0.943. The summed E-state index contributed by atoms with van der Waals surface area (Å²) in [4.78, 5) is 24.1. The average Bonchev–Trinajstić information content (AvgIpc) is 2.99. The van der Waals surface area contributed by atoms with Crippen LogP contribution in [0.2, 0.25) is 0 Å². The molecule has 6 heteroatoms.